The number of urea groups is 1. The average molecular weight is 457 g/mol. The van der Waals surface area contributed by atoms with E-state index in [4.69, 9.17) is 9.52 Å². The van der Waals surface area contributed by atoms with Crippen molar-refractivity contribution in [2.24, 2.45) is 0 Å². The molecular weight excluding hydrogens is 428 g/mol. The molecule has 1 unspecified atom stereocenters. The molecule has 1 atom stereocenters. The summed E-state index contributed by atoms with van der Waals surface area (Å²) in [5.41, 5.74) is 5.74. The van der Waals surface area contributed by atoms with Crippen molar-refractivity contribution >= 4 is 29.6 Å². The highest BCUT2D eigenvalue weighted by molar-refractivity contribution is 7.97. The number of hydrogen-bond acceptors (Lipinski definition) is 5. The fourth-order valence-electron chi connectivity index (χ4n) is 5.49. The number of aryl methyl sites for hydroxylation is 3. The number of anilines is 1. The molecule has 0 bridgehead atoms. The van der Waals surface area contributed by atoms with E-state index >= 15 is 0 Å². The first kappa shape index (κ1) is 21.4. The van der Waals surface area contributed by atoms with E-state index in [0.717, 1.165) is 62.6 Å². The Kier molecular flexibility index (Phi) is 5.67. The Morgan fingerprint density at radius 3 is 2.44 bits per heavy atom. The number of amides is 2. The Morgan fingerprint density at radius 1 is 1.03 bits per heavy atom. The number of nitrogens with one attached hydrogen (secondary N) is 2. The number of carboxylic acid groups (broad SMARTS) is 1. The number of fused-ring (bicyclic) bond motifs is 3. The molecule has 0 aliphatic heterocycles. The van der Waals surface area contributed by atoms with Gasteiger partial charge < -0.3 is 19.9 Å². The van der Waals surface area contributed by atoms with Crippen LogP contribution < -0.4 is 10.0 Å². The maximum Gasteiger partial charge on any atom is 0.329 e. The van der Waals surface area contributed by atoms with Crippen molar-refractivity contribution in [3.05, 3.63) is 45.7 Å². The minimum atomic E-state index is -1.19. The summed E-state index contributed by atoms with van der Waals surface area (Å²) in [6.45, 7) is 0. The standard InChI is InChI=1S/C24H28N2O5S/c27-20(28)9-11-24(30)10-3-8-19-18(24)13-21(31-19)32-26-23(29)25-22-16-6-1-4-14(16)12-15-5-2-7-17(15)22/h12-13,30H,1-11H2,(H,27,28)(H2,25,26,29). The SMILES string of the molecule is O=C(O)CCC1(O)CCCc2oc(SNC(=O)Nc3c4c(cc5c3CCC5)CCC4)cc21. The van der Waals surface area contributed by atoms with Crippen molar-refractivity contribution in [1.29, 1.82) is 0 Å². The fourth-order valence-corrected chi connectivity index (χ4v) is 6.05. The first-order chi connectivity index (χ1) is 15.4. The third-order valence-corrected chi connectivity index (χ3v) is 7.68. The smallest absolute Gasteiger partial charge is 0.329 e. The van der Waals surface area contributed by atoms with Crippen LogP contribution >= 0.6 is 11.9 Å². The largest absolute Gasteiger partial charge is 0.481 e. The van der Waals surface area contributed by atoms with Crippen molar-refractivity contribution in [2.75, 3.05) is 5.32 Å². The third kappa shape index (κ3) is 4.01. The third-order valence-electron chi connectivity index (χ3n) is 6.99. The Morgan fingerprint density at radius 2 is 1.75 bits per heavy atom. The molecule has 3 aliphatic rings. The molecule has 8 heteroatoms. The van der Waals surface area contributed by atoms with Crippen molar-refractivity contribution in [2.45, 2.75) is 81.3 Å². The van der Waals surface area contributed by atoms with E-state index in [0.29, 0.717) is 29.3 Å². The van der Waals surface area contributed by atoms with Gasteiger partial charge in [0, 0.05) is 36.0 Å². The van der Waals surface area contributed by atoms with Gasteiger partial charge in [-0.15, -0.1) is 0 Å². The molecule has 0 fully saturated rings. The van der Waals surface area contributed by atoms with Gasteiger partial charge in [0.15, 0.2) is 5.09 Å². The molecule has 0 saturated carbocycles. The summed E-state index contributed by atoms with van der Waals surface area (Å²) >= 11 is 1.08. The first-order valence-corrected chi connectivity index (χ1v) is 12.2. The highest BCUT2D eigenvalue weighted by Crippen LogP contribution is 2.42. The number of carbonyl (C=O) groups excluding carboxylic acids is 1. The number of hydrogen-bond donors (Lipinski definition) is 4. The summed E-state index contributed by atoms with van der Waals surface area (Å²) in [6.07, 6.45) is 8.42. The Balaban J connectivity index is 1.27. The number of benzene rings is 1. The molecule has 0 saturated heterocycles. The van der Waals surface area contributed by atoms with Gasteiger partial charge in [0.2, 0.25) is 0 Å². The molecule has 0 spiro atoms. The molecule has 1 heterocycles. The number of furan rings is 1. The monoisotopic (exact) mass is 456 g/mol. The van der Waals surface area contributed by atoms with Crippen LogP contribution in [-0.4, -0.2) is 22.2 Å². The molecule has 5 rings (SSSR count). The van der Waals surface area contributed by atoms with Gasteiger partial charge in [-0.1, -0.05) is 6.07 Å². The van der Waals surface area contributed by atoms with Crippen LogP contribution in [0, 0.1) is 0 Å². The van der Waals surface area contributed by atoms with E-state index in [9.17, 15) is 14.7 Å². The van der Waals surface area contributed by atoms with Crippen molar-refractivity contribution < 1.29 is 24.2 Å². The van der Waals surface area contributed by atoms with Gasteiger partial charge in [0.25, 0.3) is 0 Å². The predicted octanol–water partition coefficient (Wildman–Crippen LogP) is 4.47. The molecular formula is C24H28N2O5S. The maximum atomic E-state index is 12.7. The van der Waals surface area contributed by atoms with Crippen LogP contribution in [0.2, 0.25) is 0 Å². The molecule has 3 aliphatic carbocycles. The van der Waals surface area contributed by atoms with Gasteiger partial charge in [-0.2, -0.15) is 0 Å². The second-order valence-electron chi connectivity index (χ2n) is 9.07. The van der Waals surface area contributed by atoms with Crippen LogP contribution in [0.25, 0.3) is 0 Å². The minimum Gasteiger partial charge on any atom is -0.481 e. The molecule has 2 amide bonds. The highest BCUT2D eigenvalue weighted by Gasteiger charge is 2.37. The van der Waals surface area contributed by atoms with E-state index in [1.54, 1.807) is 6.07 Å². The summed E-state index contributed by atoms with van der Waals surface area (Å²) in [5, 5.41) is 23.6. The topological polar surface area (TPSA) is 112 Å². The van der Waals surface area contributed by atoms with Crippen molar-refractivity contribution in [3.8, 4) is 0 Å². The lowest BCUT2D eigenvalue weighted by molar-refractivity contribution is -0.138. The second kappa shape index (κ2) is 8.48. The van der Waals surface area contributed by atoms with Crippen molar-refractivity contribution in [3.63, 3.8) is 0 Å². The number of carboxylic acids is 1. The lowest BCUT2D eigenvalue weighted by atomic mass is 9.80. The molecule has 32 heavy (non-hydrogen) atoms. The number of rotatable bonds is 6. The van der Waals surface area contributed by atoms with Crippen molar-refractivity contribution in [1.82, 2.24) is 4.72 Å². The van der Waals surface area contributed by atoms with Gasteiger partial charge in [0.05, 0.1) is 5.60 Å². The van der Waals surface area contributed by atoms with Gasteiger partial charge in [-0.3, -0.25) is 9.52 Å². The molecule has 0 radical (unpaired) electrons. The van der Waals surface area contributed by atoms with E-state index < -0.39 is 11.6 Å². The summed E-state index contributed by atoms with van der Waals surface area (Å²) in [7, 11) is 0. The van der Waals surface area contributed by atoms with Crippen LogP contribution in [-0.2, 0) is 42.5 Å². The second-order valence-corrected chi connectivity index (χ2v) is 9.88. The predicted molar refractivity (Wildman–Crippen MR) is 121 cm³/mol. The molecule has 7 nitrogen and oxygen atoms in total. The minimum absolute atomic E-state index is 0.101. The van der Waals surface area contributed by atoms with Crippen LogP contribution in [0.4, 0.5) is 10.5 Å². The zero-order chi connectivity index (χ0) is 22.3. The zero-order valence-corrected chi connectivity index (χ0v) is 18.8. The molecule has 1 aromatic carbocycles. The van der Waals surface area contributed by atoms with E-state index in [-0.39, 0.29) is 18.9 Å². The van der Waals surface area contributed by atoms with Gasteiger partial charge in [-0.25, -0.2) is 4.79 Å². The Bertz CT molecular complexity index is 1050. The Hall–Kier alpha value is -2.45. The highest BCUT2D eigenvalue weighted by atomic mass is 32.2. The normalized spacial score (nSPS) is 21.0. The number of aliphatic carboxylic acids is 1. The quantitative estimate of drug-likeness (QED) is 0.477. The summed E-state index contributed by atoms with van der Waals surface area (Å²) in [6, 6.07) is 3.78. The molecule has 1 aromatic heterocycles. The summed E-state index contributed by atoms with van der Waals surface area (Å²) < 4.78 is 8.68. The van der Waals surface area contributed by atoms with E-state index in [1.165, 1.54) is 22.3 Å². The number of aliphatic hydroxyl groups is 1. The van der Waals surface area contributed by atoms with E-state index in [1.807, 2.05) is 0 Å². The molecule has 2 aromatic rings. The fraction of sp³-hybridized carbons (Fsp3) is 0.500. The van der Waals surface area contributed by atoms with Crippen LogP contribution in [0.5, 0.6) is 0 Å². The number of carbonyl (C=O) groups is 2. The Labute approximate surface area is 191 Å². The molecule has 170 valence electrons. The van der Waals surface area contributed by atoms with Crippen LogP contribution in [0.1, 0.15) is 72.1 Å². The summed E-state index contributed by atoms with van der Waals surface area (Å²) in [5.74, 6) is -0.256. The first-order valence-electron chi connectivity index (χ1n) is 11.4. The zero-order valence-electron chi connectivity index (χ0n) is 18.0. The van der Waals surface area contributed by atoms with Gasteiger partial charge >= 0.3 is 12.0 Å². The molecule has 4 N–H and O–H groups in total. The summed E-state index contributed by atoms with van der Waals surface area (Å²) in [4.78, 5) is 23.7. The lowest BCUT2D eigenvalue weighted by Crippen LogP contribution is -2.30. The maximum absolute atomic E-state index is 12.7. The van der Waals surface area contributed by atoms with Gasteiger partial charge in [-0.05, 0) is 86.1 Å². The van der Waals surface area contributed by atoms with Gasteiger partial charge in [0.1, 0.15) is 5.76 Å². The van der Waals surface area contributed by atoms with Crippen LogP contribution in [0.3, 0.4) is 0 Å². The van der Waals surface area contributed by atoms with E-state index in [2.05, 4.69) is 16.1 Å². The lowest BCUT2D eigenvalue weighted by Gasteiger charge is -2.31. The average Bonchev–Trinajstić information content (AvgIpc) is 3.50. The van der Waals surface area contributed by atoms with Crippen LogP contribution in [0.15, 0.2) is 21.6 Å².